The third-order valence-electron chi connectivity index (χ3n) is 3.03. The molecule has 2 unspecified atom stereocenters. The number of nitrogens with two attached hydrogens (primary N) is 1. The first-order valence-corrected chi connectivity index (χ1v) is 6.24. The fourth-order valence-corrected chi connectivity index (χ4v) is 2.57. The Hall–Kier alpha value is -0.570. The van der Waals surface area contributed by atoms with Crippen LogP contribution >= 0.6 is 0 Å². The third kappa shape index (κ3) is 4.97. The number of rotatable bonds is 3. The van der Waals surface area contributed by atoms with E-state index in [9.17, 15) is 4.79 Å². The van der Waals surface area contributed by atoms with E-state index in [4.69, 9.17) is 10.5 Å². The van der Waals surface area contributed by atoms with Gasteiger partial charge in [0.1, 0.15) is 6.10 Å². The SMILES string of the molecule is CC1CC(C)CC(OC(=O)CC(C)(C)N)C1. The summed E-state index contributed by atoms with van der Waals surface area (Å²) >= 11 is 0. The minimum absolute atomic E-state index is 0.105. The molecule has 1 fully saturated rings. The highest BCUT2D eigenvalue weighted by Gasteiger charge is 2.27. The quantitative estimate of drug-likeness (QED) is 0.754. The van der Waals surface area contributed by atoms with Crippen LogP contribution in [0.5, 0.6) is 0 Å². The molecule has 1 aliphatic carbocycles. The van der Waals surface area contributed by atoms with Crippen molar-refractivity contribution < 1.29 is 9.53 Å². The number of carbonyl (C=O) groups is 1. The molecular formula is C13H25NO2. The summed E-state index contributed by atoms with van der Waals surface area (Å²) in [6.07, 6.45) is 3.65. The molecule has 0 heterocycles. The maximum atomic E-state index is 11.6. The van der Waals surface area contributed by atoms with Crippen LogP contribution in [0.25, 0.3) is 0 Å². The van der Waals surface area contributed by atoms with E-state index in [-0.39, 0.29) is 12.1 Å². The Bertz CT molecular complexity index is 235. The Balaban J connectivity index is 2.39. The molecule has 94 valence electrons. The summed E-state index contributed by atoms with van der Waals surface area (Å²) in [5.74, 6) is 1.17. The summed E-state index contributed by atoms with van der Waals surface area (Å²) in [7, 11) is 0. The van der Waals surface area contributed by atoms with Crippen molar-refractivity contribution >= 4 is 5.97 Å². The molecule has 0 aromatic rings. The molecule has 0 amide bonds. The summed E-state index contributed by atoms with van der Waals surface area (Å²) in [6, 6.07) is 0. The van der Waals surface area contributed by atoms with E-state index in [1.165, 1.54) is 6.42 Å². The minimum Gasteiger partial charge on any atom is -0.462 e. The van der Waals surface area contributed by atoms with Gasteiger partial charge in [-0.05, 0) is 44.9 Å². The van der Waals surface area contributed by atoms with Gasteiger partial charge in [-0.25, -0.2) is 0 Å². The van der Waals surface area contributed by atoms with Crippen molar-refractivity contribution in [3.8, 4) is 0 Å². The van der Waals surface area contributed by atoms with E-state index in [0.717, 1.165) is 12.8 Å². The molecule has 2 N–H and O–H groups in total. The Kier molecular flexibility index (Phi) is 4.36. The second-order valence-electron chi connectivity index (χ2n) is 6.19. The number of hydrogen-bond acceptors (Lipinski definition) is 3. The van der Waals surface area contributed by atoms with Crippen LogP contribution in [-0.2, 0) is 9.53 Å². The first kappa shape index (κ1) is 13.5. The normalized spacial score (nSPS) is 31.2. The van der Waals surface area contributed by atoms with E-state index in [0.29, 0.717) is 18.3 Å². The minimum atomic E-state index is -0.469. The summed E-state index contributed by atoms with van der Waals surface area (Å²) in [5.41, 5.74) is 5.33. The molecular weight excluding hydrogens is 202 g/mol. The Labute approximate surface area is 98.7 Å². The molecule has 0 saturated heterocycles. The number of hydrogen-bond donors (Lipinski definition) is 1. The van der Waals surface area contributed by atoms with Gasteiger partial charge < -0.3 is 10.5 Å². The predicted octanol–water partition coefficient (Wildman–Crippen LogP) is 2.48. The maximum Gasteiger partial charge on any atom is 0.307 e. The predicted molar refractivity (Wildman–Crippen MR) is 64.9 cm³/mol. The van der Waals surface area contributed by atoms with Crippen LogP contribution < -0.4 is 5.73 Å². The average molecular weight is 227 g/mol. The summed E-state index contributed by atoms with van der Waals surface area (Å²) in [4.78, 5) is 11.6. The van der Waals surface area contributed by atoms with Gasteiger partial charge in [0.2, 0.25) is 0 Å². The monoisotopic (exact) mass is 227 g/mol. The highest BCUT2D eigenvalue weighted by molar-refractivity contribution is 5.70. The van der Waals surface area contributed by atoms with Crippen molar-refractivity contribution in [2.24, 2.45) is 17.6 Å². The van der Waals surface area contributed by atoms with Crippen molar-refractivity contribution in [2.75, 3.05) is 0 Å². The van der Waals surface area contributed by atoms with Gasteiger partial charge >= 0.3 is 5.97 Å². The molecule has 2 atom stereocenters. The van der Waals surface area contributed by atoms with Gasteiger partial charge in [-0.2, -0.15) is 0 Å². The van der Waals surface area contributed by atoms with Gasteiger partial charge in [-0.15, -0.1) is 0 Å². The van der Waals surface area contributed by atoms with Crippen LogP contribution in [0.15, 0.2) is 0 Å². The molecule has 0 aliphatic heterocycles. The molecule has 1 saturated carbocycles. The average Bonchev–Trinajstić information content (AvgIpc) is 1.96. The molecule has 16 heavy (non-hydrogen) atoms. The fourth-order valence-electron chi connectivity index (χ4n) is 2.57. The lowest BCUT2D eigenvalue weighted by molar-refractivity contribution is -0.153. The van der Waals surface area contributed by atoms with Crippen LogP contribution in [-0.4, -0.2) is 17.6 Å². The molecule has 0 bridgehead atoms. The van der Waals surface area contributed by atoms with Crippen molar-refractivity contribution in [1.29, 1.82) is 0 Å². The van der Waals surface area contributed by atoms with E-state index in [2.05, 4.69) is 13.8 Å². The van der Waals surface area contributed by atoms with Gasteiger partial charge in [0.15, 0.2) is 0 Å². The Morgan fingerprint density at radius 1 is 1.25 bits per heavy atom. The summed E-state index contributed by atoms with van der Waals surface area (Å²) in [5, 5.41) is 0. The molecule has 0 aromatic carbocycles. The van der Waals surface area contributed by atoms with Gasteiger partial charge in [-0.1, -0.05) is 13.8 Å². The fraction of sp³-hybridized carbons (Fsp3) is 0.923. The third-order valence-corrected chi connectivity index (χ3v) is 3.03. The summed E-state index contributed by atoms with van der Waals surface area (Å²) < 4.78 is 5.49. The first-order chi connectivity index (χ1) is 7.26. The van der Waals surface area contributed by atoms with E-state index >= 15 is 0 Å². The van der Waals surface area contributed by atoms with Gasteiger partial charge in [0.25, 0.3) is 0 Å². The molecule has 3 heteroatoms. The number of ether oxygens (including phenoxy) is 1. The van der Waals surface area contributed by atoms with Crippen LogP contribution in [0.4, 0.5) is 0 Å². The number of esters is 1. The molecule has 0 spiro atoms. The van der Waals surface area contributed by atoms with Crippen molar-refractivity contribution in [2.45, 2.75) is 65.0 Å². The zero-order valence-corrected chi connectivity index (χ0v) is 11.0. The Morgan fingerprint density at radius 3 is 2.19 bits per heavy atom. The smallest absolute Gasteiger partial charge is 0.307 e. The standard InChI is InChI=1S/C13H25NO2/c1-9-5-10(2)7-11(6-9)16-12(15)8-13(3,4)14/h9-11H,5-8,14H2,1-4H3. The van der Waals surface area contributed by atoms with Crippen LogP contribution in [0.3, 0.4) is 0 Å². The van der Waals surface area contributed by atoms with Crippen molar-refractivity contribution in [3.05, 3.63) is 0 Å². The molecule has 0 radical (unpaired) electrons. The van der Waals surface area contributed by atoms with Crippen LogP contribution in [0, 0.1) is 11.8 Å². The van der Waals surface area contributed by atoms with Gasteiger partial charge in [0, 0.05) is 5.54 Å². The highest BCUT2D eigenvalue weighted by atomic mass is 16.5. The van der Waals surface area contributed by atoms with Crippen molar-refractivity contribution in [1.82, 2.24) is 0 Å². The zero-order chi connectivity index (χ0) is 12.3. The largest absolute Gasteiger partial charge is 0.462 e. The van der Waals surface area contributed by atoms with Gasteiger partial charge in [-0.3, -0.25) is 4.79 Å². The van der Waals surface area contributed by atoms with E-state index in [1.54, 1.807) is 0 Å². The number of carbonyl (C=O) groups excluding carboxylic acids is 1. The van der Waals surface area contributed by atoms with Crippen LogP contribution in [0.1, 0.15) is 53.4 Å². The van der Waals surface area contributed by atoms with Crippen LogP contribution in [0.2, 0.25) is 0 Å². The highest BCUT2D eigenvalue weighted by Crippen LogP contribution is 2.30. The second-order valence-corrected chi connectivity index (χ2v) is 6.19. The zero-order valence-electron chi connectivity index (χ0n) is 11.0. The summed E-state index contributed by atoms with van der Waals surface area (Å²) in [6.45, 7) is 8.15. The molecule has 0 aromatic heterocycles. The maximum absolute atomic E-state index is 11.6. The van der Waals surface area contributed by atoms with E-state index in [1.807, 2.05) is 13.8 Å². The lowest BCUT2D eigenvalue weighted by atomic mass is 9.82. The molecule has 1 aliphatic rings. The molecule has 3 nitrogen and oxygen atoms in total. The first-order valence-electron chi connectivity index (χ1n) is 6.24. The Morgan fingerprint density at radius 2 is 1.75 bits per heavy atom. The second kappa shape index (κ2) is 5.17. The lowest BCUT2D eigenvalue weighted by Gasteiger charge is -2.31. The van der Waals surface area contributed by atoms with Gasteiger partial charge in [0.05, 0.1) is 6.42 Å². The lowest BCUT2D eigenvalue weighted by Crippen LogP contribution is -2.37. The van der Waals surface area contributed by atoms with Crippen molar-refractivity contribution in [3.63, 3.8) is 0 Å². The molecule has 1 rings (SSSR count). The topological polar surface area (TPSA) is 52.3 Å². The van der Waals surface area contributed by atoms with E-state index < -0.39 is 5.54 Å².